The maximum atomic E-state index is 13.6. The van der Waals surface area contributed by atoms with Gasteiger partial charge in [0.05, 0.1) is 12.0 Å². The van der Waals surface area contributed by atoms with Crippen LogP contribution < -0.4 is 5.32 Å². The molecular weight excluding hydrogens is 305 g/mol. The summed E-state index contributed by atoms with van der Waals surface area (Å²) in [5.41, 5.74) is 0. The Hall–Kier alpha value is -1.95. The van der Waals surface area contributed by atoms with Crippen molar-refractivity contribution in [2.75, 3.05) is 13.7 Å². The number of esters is 1. The van der Waals surface area contributed by atoms with Gasteiger partial charge in [-0.15, -0.1) is 11.3 Å². The molecule has 0 fully saturated rings. The van der Waals surface area contributed by atoms with E-state index in [1.807, 2.05) is 0 Å². The molecule has 0 saturated carbocycles. The van der Waals surface area contributed by atoms with Crippen molar-refractivity contribution in [2.45, 2.75) is 25.7 Å². The number of methoxy groups -OCH3 is 1. The number of thiophene rings is 1. The number of carbonyl (C=O) groups excluding carboxylic acids is 2. The zero-order valence-corrected chi connectivity index (χ0v) is 13.2. The van der Waals surface area contributed by atoms with Crippen molar-refractivity contribution in [3.8, 4) is 0 Å². The summed E-state index contributed by atoms with van der Waals surface area (Å²) >= 11 is 1.28. The van der Waals surface area contributed by atoms with E-state index in [4.69, 9.17) is 0 Å². The summed E-state index contributed by atoms with van der Waals surface area (Å²) in [6.45, 7) is 0.538. The second-order valence-corrected chi connectivity index (χ2v) is 5.99. The molecule has 1 aromatic heterocycles. The summed E-state index contributed by atoms with van der Waals surface area (Å²) in [6, 6.07) is 6.41. The van der Waals surface area contributed by atoms with Crippen LogP contribution in [-0.2, 0) is 9.53 Å². The molecule has 4 nitrogen and oxygen atoms in total. The second kappa shape index (κ2) is 7.89. The predicted molar refractivity (Wildman–Crippen MR) is 84.6 cm³/mol. The van der Waals surface area contributed by atoms with Crippen molar-refractivity contribution in [2.24, 2.45) is 0 Å². The fraction of sp³-hybridized carbons (Fsp3) is 0.375. The number of carbonyl (C=O) groups is 2. The molecule has 0 aliphatic heterocycles. The molecule has 0 aliphatic carbocycles. The maximum absolute atomic E-state index is 13.6. The molecule has 1 amide bonds. The van der Waals surface area contributed by atoms with Crippen LogP contribution in [0.1, 0.15) is 35.4 Å². The Morgan fingerprint density at radius 3 is 2.82 bits per heavy atom. The van der Waals surface area contributed by atoms with Gasteiger partial charge in [0.2, 0.25) is 0 Å². The average Bonchev–Trinajstić information content (AvgIpc) is 2.96. The number of hydrogen-bond acceptors (Lipinski definition) is 4. The first-order valence-corrected chi connectivity index (χ1v) is 7.96. The second-order valence-electron chi connectivity index (χ2n) is 4.90. The lowest BCUT2D eigenvalue weighted by molar-refractivity contribution is -0.140. The quantitative estimate of drug-likeness (QED) is 0.627. The van der Waals surface area contributed by atoms with E-state index in [0.717, 1.165) is 24.0 Å². The van der Waals surface area contributed by atoms with Crippen LogP contribution in [0, 0.1) is 5.82 Å². The molecule has 0 aliphatic rings. The number of rotatable bonds is 7. The van der Waals surface area contributed by atoms with Gasteiger partial charge in [-0.2, -0.15) is 0 Å². The molecule has 1 aromatic carbocycles. The Labute approximate surface area is 132 Å². The highest BCUT2D eigenvalue weighted by Gasteiger charge is 2.11. The van der Waals surface area contributed by atoms with Gasteiger partial charge in [0.15, 0.2) is 0 Å². The third kappa shape index (κ3) is 4.27. The first-order valence-electron chi connectivity index (χ1n) is 7.15. The minimum absolute atomic E-state index is 0.187. The molecule has 1 heterocycles. The Morgan fingerprint density at radius 1 is 1.27 bits per heavy atom. The number of ether oxygens (including phenoxy) is 1. The Balaban J connectivity index is 1.77. The van der Waals surface area contributed by atoms with E-state index in [2.05, 4.69) is 10.1 Å². The van der Waals surface area contributed by atoms with Crippen molar-refractivity contribution in [3.05, 3.63) is 35.0 Å². The van der Waals surface area contributed by atoms with Crippen LogP contribution in [0.25, 0.3) is 10.1 Å². The zero-order chi connectivity index (χ0) is 15.9. The highest BCUT2D eigenvalue weighted by atomic mass is 32.1. The summed E-state index contributed by atoms with van der Waals surface area (Å²) in [4.78, 5) is 23.5. The molecule has 2 rings (SSSR count). The molecule has 6 heteroatoms. The molecule has 0 radical (unpaired) electrons. The number of halogens is 1. The monoisotopic (exact) mass is 323 g/mol. The Kier molecular flexibility index (Phi) is 5.89. The lowest BCUT2D eigenvalue weighted by Gasteiger charge is -2.03. The van der Waals surface area contributed by atoms with Crippen molar-refractivity contribution < 1.29 is 18.7 Å². The zero-order valence-electron chi connectivity index (χ0n) is 12.4. The molecule has 1 N–H and O–H groups in total. The predicted octanol–water partition coefficient (Wildman–Crippen LogP) is 3.50. The van der Waals surface area contributed by atoms with Gasteiger partial charge >= 0.3 is 5.97 Å². The van der Waals surface area contributed by atoms with Crippen molar-refractivity contribution in [3.63, 3.8) is 0 Å². The van der Waals surface area contributed by atoms with Crippen LogP contribution in [0.4, 0.5) is 4.39 Å². The smallest absolute Gasteiger partial charge is 0.305 e. The molecule has 118 valence electrons. The van der Waals surface area contributed by atoms with Gasteiger partial charge in [-0.1, -0.05) is 12.5 Å². The van der Waals surface area contributed by atoms with Crippen molar-refractivity contribution in [1.82, 2.24) is 5.32 Å². The number of amides is 1. The first kappa shape index (κ1) is 16.4. The van der Waals surface area contributed by atoms with Crippen LogP contribution in [0.2, 0.25) is 0 Å². The molecule has 2 aromatic rings. The van der Waals surface area contributed by atoms with E-state index in [1.165, 1.54) is 24.5 Å². The van der Waals surface area contributed by atoms with E-state index in [1.54, 1.807) is 18.2 Å². The molecular formula is C16H18FNO3S. The maximum Gasteiger partial charge on any atom is 0.305 e. The highest BCUT2D eigenvalue weighted by molar-refractivity contribution is 7.20. The summed E-state index contributed by atoms with van der Waals surface area (Å²) in [7, 11) is 1.37. The largest absolute Gasteiger partial charge is 0.469 e. The summed E-state index contributed by atoms with van der Waals surface area (Å²) in [5.74, 6) is -0.708. The standard InChI is InChI=1S/C16H18FNO3S/c1-21-15(19)8-3-2-4-9-18-16(20)14-10-11-12(17)6-5-7-13(11)22-14/h5-7,10H,2-4,8-9H2,1H3,(H,18,20). The van der Waals surface area contributed by atoms with Crippen LogP contribution >= 0.6 is 11.3 Å². The topological polar surface area (TPSA) is 55.4 Å². The minimum Gasteiger partial charge on any atom is -0.469 e. The Bertz CT molecular complexity index is 668. The lowest BCUT2D eigenvalue weighted by atomic mass is 10.2. The summed E-state index contributed by atoms with van der Waals surface area (Å²) < 4.78 is 18.9. The SMILES string of the molecule is COC(=O)CCCCCNC(=O)c1cc2c(F)cccc2s1. The van der Waals surface area contributed by atoms with E-state index in [0.29, 0.717) is 23.2 Å². The number of fused-ring (bicyclic) bond motifs is 1. The molecule has 0 atom stereocenters. The van der Waals surface area contributed by atoms with Gasteiger partial charge in [-0.25, -0.2) is 4.39 Å². The molecule has 0 saturated heterocycles. The minimum atomic E-state index is -0.310. The third-order valence-corrected chi connectivity index (χ3v) is 4.40. The highest BCUT2D eigenvalue weighted by Crippen LogP contribution is 2.27. The van der Waals surface area contributed by atoms with E-state index >= 15 is 0 Å². The molecule has 22 heavy (non-hydrogen) atoms. The van der Waals surface area contributed by atoms with Gasteiger partial charge in [-0.3, -0.25) is 9.59 Å². The van der Waals surface area contributed by atoms with Crippen molar-refractivity contribution >= 4 is 33.3 Å². The summed E-state index contributed by atoms with van der Waals surface area (Å²) in [6.07, 6.45) is 2.79. The van der Waals surface area contributed by atoms with E-state index in [-0.39, 0.29) is 17.7 Å². The lowest BCUT2D eigenvalue weighted by Crippen LogP contribution is -2.23. The van der Waals surface area contributed by atoms with Gasteiger partial charge in [-0.05, 0) is 31.0 Å². The molecule has 0 bridgehead atoms. The fourth-order valence-electron chi connectivity index (χ4n) is 2.10. The third-order valence-electron chi connectivity index (χ3n) is 3.30. The van der Waals surface area contributed by atoms with Gasteiger partial charge in [0.25, 0.3) is 5.91 Å². The fourth-order valence-corrected chi connectivity index (χ4v) is 3.09. The van der Waals surface area contributed by atoms with E-state index in [9.17, 15) is 14.0 Å². The van der Waals surface area contributed by atoms with E-state index < -0.39 is 0 Å². The first-order chi connectivity index (χ1) is 10.6. The molecule has 0 spiro atoms. The Morgan fingerprint density at radius 2 is 2.09 bits per heavy atom. The van der Waals surface area contributed by atoms with Crippen LogP contribution in [0.3, 0.4) is 0 Å². The number of benzene rings is 1. The number of nitrogens with one attached hydrogen (secondary N) is 1. The van der Waals surface area contributed by atoms with Crippen molar-refractivity contribution in [1.29, 1.82) is 0 Å². The van der Waals surface area contributed by atoms with Crippen LogP contribution in [0.15, 0.2) is 24.3 Å². The number of unbranched alkanes of at least 4 members (excludes halogenated alkanes) is 2. The van der Waals surface area contributed by atoms with Gasteiger partial charge in [0.1, 0.15) is 5.82 Å². The number of hydrogen-bond donors (Lipinski definition) is 1. The van der Waals surface area contributed by atoms with Crippen LogP contribution in [0.5, 0.6) is 0 Å². The van der Waals surface area contributed by atoms with Gasteiger partial charge < -0.3 is 10.1 Å². The summed E-state index contributed by atoms with van der Waals surface area (Å²) in [5, 5.41) is 3.30. The van der Waals surface area contributed by atoms with Gasteiger partial charge in [0, 0.05) is 23.1 Å². The normalized spacial score (nSPS) is 10.6. The molecule has 0 unspecified atom stereocenters. The van der Waals surface area contributed by atoms with Crippen LogP contribution in [-0.4, -0.2) is 25.5 Å². The average molecular weight is 323 g/mol.